The van der Waals surface area contributed by atoms with Crippen LogP contribution in [0.5, 0.6) is 0 Å². The summed E-state index contributed by atoms with van der Waals surface area (Å²) in [4.78, 5) is 22.9. The molecule has 0 aliphatic rings. The molecule has 166 valence electrons. The van der Waals surface area contributed by atoms with Gasteiger partial charge < -0.3 is 9.88 Å². The fraction of sp³-hybridized carbons (Fsp3) is 0.333. The highest BCUT2D eigenvalue weighted by atomic mass is 35.5. The molecule has 0 fully saturated rings. The van der Waals surface area contributed by atoms with Gasteiger partial charge in [-0.2, -0.15) is 5.10 Å². The van der Waals surface area contributed by atoms with E-state index in [2.05, 4.69) is 29.2 Å². The van der Waals surface area contributed by atoms with Gasteiger partial charge in [-0.05, 0) is 43.5 Å². The molecule has 1 N–H and O–H groups in total. The van der Waals surface area contributed by atoms with Gasteiger partial charge in [0.2, 0.25) is 0 Å². The van der Waals surface area contributed by atoms with Crippen molar-refractivity contribution in [2.75, 3.05) is 0 Å². The highest BCUT2D eigenvalue weighted by Crippen LogP contribution is 2.27. The zero-order chi connectivity index (χ0) is 23.0. The van der Waals surface area contributed by atoms with Gasteiger partial charge >= 0.3 is 0 Å². The summed E-state index contributed by atoms with van der Waals surface area (Å²) in [5, 5.41) is 9.04. The van der Waals surface area contributed by atoms with E-state index < -0.39 is 6.04 Å². The van der Waals surface area contributed by atoms with Gasteiger partial charge in [0.05, 0.1) is 17.1 Å². The quantitative estimate of drug-likeness (QED) is 0.446. The predicted molar refractivity (Wildman–Crippen MR) is 126 cm³/mol. The van der Waals surface area contributed by atoms with Crippen LogP contribution in [0.25, 0.3) is 11.0 Å². The number of hydrogen-bond acceptors (Lipinski definition) is 4. The first-order valence-electron chi connectivity index (χ1n) is 10.7. The van der Waals surface area contributed by atoms with Crippen molar-refractivity contribution in [2.45, 2.75) is 45.7 Å². The normalized spacial score (nSPS) is 12.6. The Bertz CT molecular complexity index is 1260. The molecule has 4 rings (SSSR count). The van der Waals surface area contributed by atoms with E-state index in [9.17, 15) is 4.79 Å². The molecule has 0 aliphatic heterocycles. The Morgan fingerprint density at radius 1 is 1.12 bits per heavy atom. The minimum absolute atomic E-state index is 0.132. The molecule has 7 nitrogen and oxygen atoms in total. The van der Waals surface area contributed by atoms with Gasteiger partial charge in [0.15, 0.2) is 5.65 Å². The van der Waals surface area contributed by atoms with Crippen molar-refractivity contribution in [3.8, 4) is 0 Å². The smallest absolute Gasteiger partial charge is 0.253 e. The molecule has 32 heavy (non-hydrogen) atoms. The molecule has 1 atom stereocenters. The number of hydrogen-bond donors (Lipinski definition) is 1. The standard InChI is InChI=1S/C24H27ClN6O/c1-14(2)20-12-18(19-13-27-31(15(3)4)22(19)28-20)24(32)29-21(23-26-10-11-30(23)5)16-6-8-17(25)9-7-16/h6-15,21H,1-5H3,(H,29,32)/t21-/m0/s1. The minimum atomic E-state index is -0.439. The number of pyridine rings is 1. The Morgan fingerprint density at radius 3 is 2.44 bits per heavy atom. The lowest BCUT2D eigenvalue weighted by atomic mass is 10.0. The Morgan fingerprint density at radius 2 is 1.84 bits per heavy atom. The number of rotatable bonds is 6. The first-order valence-corrected chi connectivity index (χ1v) is 11.1. The third-order valence-electron chi connectivity index (χ3n) is 5.51. The van der Waals surface area contributed by atoms with E-state index in [1.54, 1.807) is 12.4 Å². The second kappa shape index (κ2) is 8.74. The van der Waals surface area contributed by atoms with Crippen LogP contribution in [0.3, 0.4) is 0 Å². The van der Waals surface area contributed by atoms with Crippen molar-refractivity contribution in [3.63, 3.8) is 0 Å². The van der Waals surface area contributed by atoms with Crippen molar-refractivity contribution in [1.29, 1.82) is 0 Å². The molecule has 3 heterocycles. The van der Waals surface area contributed by atoms with E-state index in [0.29, 0.717) is 10.6 Å². The molecule has 1 amide bonds. The van der Waals surface area contributed by atoms with Gasteiger partial charge in [0.25, 0.3) is 5.91 Å². The highest BCUT2D eigenvalue weighted by Gasteiger charge is 2.24. The van der Waals surface area contributed by atoms with E-state index in [-0.39, 0.29) is 17.9 Å². The first-order chi connectivity index (χ1) is 15.3. The molecular weight excluding hydrogens is 424 g/mol. The highest BCUT2D eigenvalue weighted by molar-refractivity contribution is 6.30. The summed E-state index contributed by atoms with van der Waals surface area (Å²) in [6, 6.07) is 8.99. The van der Waals surface area contributed by atoms with E-state index >= 15 is 0 Å². The lowest BCUT2D eigenvalue weighted by Gasteiger charge is -2.20. The number of nitrogens with one attached hydrogen (secondary N) is 1. The van der Waals surface area contributed by atoms with Crippen LogP contribution in [0, 0.1) is 0 Å². The average molecular weight is 451 g/mol. The molecule has 0 unspecified atom stereocenters. The third-order valence-corrected chi connectivity index (χ3v) is 5.76. The molecule has 4 aromatic rings. The number of imidazole rings is 1. The van der Waals surface area contributed by atoms with Crippen molar-refractivity contribution in [1.82, 2.24) is 29.6 Å². The lowest BCUT2D eigenvalue weighted by molar-refractivity contribution is 0.0942. The molecule has 1 aromatic carbocycles. The fourth-order valence-corrected chi connectivity index (χ4v) is 3.84. The summed E-state index contributed by atoms with van der Waals surface area (Å²) >= 11 is 6.09. The number of carbonyl (C=O) groups is 1. The van der Waals surface area contributed by atoms with Gasteiger partial charge in [-0.1, -0.05) is 37.6 Å². The van der Waals surface area contributed by atoms with Crippen LogP contribution in [0.1, 0.15) is 73.1 Å². The number of benzene rings is 1. The maximum atomic E-state index is 13.6. The molecule has 0 aliphatic carbocycles. The van der Waals surface area contributed by atoms with Crippen LogP contribution in [-0.2, 0) is 7.05 Å². The minimum Gasteiger partial charge on any atom is -0.338 e. The van der Waals surface area contributed by atoms with E-state index in [4.69, 9.17) is 16.6 Å². The van der Waals surface area contributed by atoms with Crippen LogP contribution in [-0.4, -0.2) is 30.2 Å². The van der Waals surface area contributed by atoms with Gasteiger partial charge in [0, 0.05) is 36.2 Å². The van der Waals surface area contributed by atoms with E-state index in [1.807, 2.05) is 66.7 Å². The second-order valence-corrected chi connectivity index (χ2v) is 8.96. The molecular formula is C24H27ClN6O. The molecule has 0 saturated heterocycles. The molecule has 3 aromatic heterocycles. The molecule has 0 bridgehead atoms. The Hall–Kier alpha value is -3.19. The molecule has 0 saturated carbocycles. The topological polar surface area (TPSA) is 77.6 Å². The molecule has 0 spiro atoms. The summed E-state index contributed by atoms with van der Waals surface area (Å²) in [7, 11) is 1.91. The van der Waals surface area contributed by atoms with Gasteiger partial charge in [-0.15, -0.1) is 0 Å². The van der Waals surface area contributed by atoms with Gasteiger partial charge in [-0.3, -0.25) is 4.79 Å². The maximum Gasteiger partial charge on any atom is 0.253 e. The third kappa shape index (κ3) is 4.12. The first kappa shape index (κ1) is 22.0. The zero-order valence-electron chi connectivity index (χ0n) is 18.9. The summed E-state index contributed by atoms with van der Waals surface area (Å²) in [6.07, 6.45) is 5.30. The number of aromatic nitrogens is 5. The van der Waals surface area contributed by atoms with Gasteiger partial charge in [-0.25, -0.2) is 14.6 Å². The number of carbonyl (C=O) groups excluding carboxylic acids is 1. The second-order valence-electron chi connectivity index (χ2n) is 8.52. The van der Waals surface area contributed by atoms with Crippen LogP contribution in [0.2, 0.25) is 5.02 Å². The maximum absolute atomic E-state index is 13.6. The Balaban J connectivity index is 1.80. The number of aryl methyl sites for hydroxylation is 1. The molecule has 8 heteroatoms. The summed E-state index contributed by atoms with van der Waals surface area (Å²) in [5.74, 6) is 0.696. The van der Waals surface area contributed by atoms with Crippen LogP contribution in [0.4, 0.5) is 0 Å². The largest absolute Gasteiger partial charge is 0.338 e. The zero-order valence-corrected chi connectivity index (χ0v) is 19.6. The summed E-state index contributed by atoms with van der Waals surface area (Å²) in [6.45, 7) is 8.23. The number of fused-ring (bicyclic) bond motifs is 1. The van der Waals surface area contributed by atoms with E-state index in [1.165, 1.54) is 0 Å². The van der Waals surface area contributed by atoms with Crippen molar-refractivity contribution < 1.29 is 4.79 Å². The predicted octanol–water partition coefficient (Wildman–Crippen LogP) is 5.04. The SMILES string of the molecule is CC(C)c1cc(C(=O)N[C@@H](c2ccc(Cl)cc2)c2nccn2C)c2cnn(C(C)C)c2n1. The monoisotopic (exact) mass is 450 g/mol. The van der Waals surface area contributed by atoms with E-state index in [0.717, 1.165) is 28.1 Å². The van der Waals surface area contributed by atoms with Gasteiger partial charge in [0.1, 0.15) is 11.9 Å². The molecule has 0 radical (unpaired) electrons. The van der Waals surface area contributed by atoms with Crippen LogP contribution >= 0.6 is 11.6 Å². The Labute approximate surface area is 192 Å². The van der Waals surface area contributed by atoms with Crippen LogP contribution < -0.4 is 5.32 Å². The number of halogens is 1. The lowest BCUT2D eigenvalue weighted by Crippen LogP contribution is -2.31. The Kier molecular flexibility index (Phi) is 6.02. The van der Waals surface area contributed by atoms with Crippen molar-refractivity contribution in [2.24, 2.45) is 7.05 Å². The van der Waals surface area contributed by atoms with Crippen molar-refractivity contribution in [3.05, 3.63) is 76.6 Å². The number of amides is 1. The van der Waals surface area contributed by atoms with Crippen LogP contribution in [0.15, 0.2) is 48.9 Å². The number of nitrogens with zero attached hydrogens (tertiary/aromatic N) is 5. The summed E-state index contributed by atoms with van der Waals surface area (Å²) < 4.78 is 3.76. The van der Waals surface area contributed by atoms with Crippen molar-refractivity contribution >= 4 is 28.5 Å². The summed E-state index contributed by atoms with van der Waals surface area (Å²) in [5.41, 5.74) is 3.02. The fourth-order valence-electron chi connectivity index (χ4n) is 3.72. The average Bonchev–Trinajstić information content (AvgIpc) is 3.38.